The van der Waals surface area contributed by atoms with Crippen molar-refractivity contribution in [3.8, 4) is 11.5 Å². The smallest absolute Gasteiger partial charge is 0.238 e. The van der Waals surface area contributed by atoms with Crippen LogP contribution in [0.1, 0.15) is 42.3 Å². The average molecular weight is 361 g/mol. The Bertz CT molecular complexity index is 775. The van der Waals surface area contributed by atoms with Crippen LogP contribution in [0.5, 0.6) is 11.5 Å². The third-order valence-corrected chi connectivity index (χ3v) is 5.56. The van der Waals surface area contributed by atoms with Crippen LogP contribution in [0.3, 0.4) is 0 Å². The number of aryl methyl sites for hydroxylation is 1. The molecule has 25 heavy (non-hydrogen) atoms. The number of carbonyl (C=O) groups excluding carboxylic acids is 1. The highest BCUT2D eigenvalue weighted by molar-refractivity contribution is 8.01. The minimum Gasteiger partial charge on any atom is -0.493 e. The van der Waals surface area contributed by atoms with Gasteiger partial charge in [0.2, 0.25) is 5.91 Å². The number of amides is 1. The van der Waals surface area contributed by atoms with E-state index in [0.29, 0.717) is 18.2 Å². The standard InChI is InChI=1S/C18H23N3O3S/c1-5-8-24-13-7-6-12(9-14(13)23-4)16-15-10(2)20-21-17(15)19-18(22)11(3)25-16/h6-7,9,11,16H,5,8H2,1-4H3,(H2,19,20,21,22)/t11-,16-/m0/s1. The van der Waals surface area contributed by atoms with Crippen molar-refractivity contribution >= 4 is 23.5 Å². The fourth-order valence-corrected chi connectivity index (χ4v) is 4.15. The Hall–Kier alpha value is -2.15. The molecule has 2 N–H and O–H groups in total. The van der Waals surface area contributed by atoms with E-state index in [1.165, 1.54) is 0 Å². The van der Waals surface area contributed by atoms with Gasteiger partial charge in [-0.3, -0.25) is 9.89 Å². The molecule has 0 aliphatic carbocycles. The van der Waals surface area contributed by atoms with E-state index < -0.39 is 0 Å². The SMILES string of the molecule is CCCOc1ccc([C@@H]2S[C@@H](C)C(=O)Nc3n[nH]c(C)c32)cc1OC. The number of carbonyl (C=O) groups is 1. The van der Waals surface area contributed by atoms with Crippen molar-refractivity contribution in [1.29, 1.82) is 0 Å². The second kappa shape index (κ2) is 7.39. The largest absolute Gasteiger partial charge is 0.493 e. The lowest BCUT2D eigenvalue weighted by Gasteiger charge is -2.19. The second-order valence-corrected chi connectivity index (χ2v) is 7.47. The summed E-state index contributed by atoms with van der Waals surface area (Å²) in [6.45, 7) is 6.59. The van der Waals surface area contributed by atoms with Crippen molar-refractivity contribution in [2.75, 3.05) is 19.0 Å². The normalized spacial score (nSPS) is 19.8. The van der Waals surface area contributed by atoms with Crippen LogP contribution in [0.2, 0.25) is 0 Å². The molecule has 1 aliphatic rings. The summed E-state index contributed by atoms with van der Waals surface area (Å²) in [6.07, 6.45) is 0.937. The van der Waals surface area contributed by atoms with E-state index in [0.717, 1.165) is 29.0 Å². The molecule has 0 bridgehead atoms. The number of anilines is 1. The van der Waals surface area contributed by atoms with Gasteiger partial charge in [-0.25, -0.2) is 0 Å². The summed E-state index contributed by atoms with van der Waals surface area (Å²) in [5.74, 6) is 2.01. The van der Waals surface area contributed by atoms with Gasteiger partial charge in [-0.1, -0.05) is 13.0 Å². The maximum atomic E-state index is 12.2. The molecule has 0 spiro atoms. The molecule has 2 aromatic rings. The first-order valence-corrected chi connectivity index (χ1v) is 9.31. The number of H-pyrrole nitrogens is 1. The lowest BCUT2D eigenvalue weighted by atomic mass is 10.0. The predicted octanol–water partition coefficient (Wildman–Crippen LogP) is 3.68. The first kappa shape index (κ1) is 17.7. The average Bonchev–Trinajstić information content (AvgIpc) is 2.91. The minimum absolute atomic E-state index is 0.0168. The Morgan fingerprint density at radius 3 is 2.84 bits per heavy atom. The van der Waals surface area contributed by atoms with Gasteiger partial charge in [0, 0.05) is 11.3 Å². The summed E-state index contributed by atoms with van der Waals surface area (Å²) < 4.78 is 11.3. The molecule has 3 rings (SSSR count). The quantitative estimate of drug-likeness (QED) is 0.850. The van der Waals surface area contributed by atoms with Crippen molar-refractivity contribution in [3.05, 3.63) is 35.0 Å². The van der Waals surface area contributed by atoms with Gasteiger partial charge in [0.05, 0.1) is 24.2 Å². The fraction of sp³-hybridized carbons (Fsp3) is 0.444. The molecular weight excluding hydrogens is 338 g/mol. The highest BCUT2D eigenvalue weighted by atomic mass is 32.2. The Labute approximate surface area is 151 Å². The van der Waals surface area contributed by atoms with E-state index in [2.05, 4.69) is 22.4 Å². The van der Waals surface area contributed by atoms with Crippen molar-refractivity contribution in [2.24, 2.45) is 0 Å². The number of fused-ring (bicyclic) bond motifs is 1. The number of nitrogens with one attached hydrogen (secondary N) is 2. The van der Waals surface area contributed by atoms with Gasteiger partial charge in [-0.2, -0.15) is 5.10 Å². The molecule has 0 saturated carbocycles. The Balaban J connectivity index is 2.02. The van der Waals surface area contributed by atoms with E-state index in [9.17, 15) is 4.79 Å². The zero-order valence-corrected chi connectivity index (χ0v) is 15.7. The van der Waals surface area contributed by atoms with Crippen LogP contribution < -0.4 is 14.8 Å². The number of aromatic amines is 1. The first-order chi connectivity index (χ1) is 12.0. The molecule has 0 fully saturated rings. The number of benzene rings is 1. The molecule has 134 valence electrons. The van der Waals surface area contributed by atoms with E-state index in [1.54, 1.807) is 18.9 Å². The summed E-state index contributed by atoms with van der Waals surface area (Å²) in [4.78, 5) is 12.2. The molecule has 1 aromatic heterocycles. The van der Waals surface area contributed by atoms with Gasteiger partial charge in [0.25, 0.3) is 0 Å². The molecule has 0 unspecified atom stereocenters. The van der Waals surface area contributed by atoms with Gasteiger partial charge in [-0.05, 0) is 38.0 Å². The third kappa shape index (κ3) is 3.46. The first-order valence-electron chi connectivity index (χ1n) is 8.37. The van der Waals surface area contributed by atoms with E-state index in [-0.39, 0.29) is 16.4 Å². The molecule has 1 aromatic carbocycles. The number of rotatable bonds is 5. The van der Waals surface area contributed by atoms with Crippen LogP contribution >= 0.6 is 11.8 Å². The third-order valence-electron chi connectivity index (χ3n) is 4.16. The molecule has 7 heteroatoms. The summed E-state index contributed by atoms with van der Waals surface area (Å²) in [6, 6.07) is 5.95. The summed E-state index contributed by atoms with van der Waals surface area (Å²) in [5.41, 5.74) is 3.01. The molecule has 2 heterocycles. The van der Waals surface area contributed by atoms with Gasteiger partial charge in [0.15, 0.2) is 17.3 Å². The van der Waals surface area contributed by atoms with Crippen LogP contribution in [0.15, 0.2) is 18.2 Å². The minimum atomic E-state index is -0.180. The lowest BCUT2D eigenvalue weighted by Crippen LogP contribution is -2.21. The van der Waals surface area contributed by atoms with E-state index in [4.69, 9.17) is 9.47 Å². The van der Waals surface area contributed by atoms with Crippen LogP contribution in [-0.2, 0) is 4.79 Å². The number of aromatic nitrogens is 2. The molecule has 0 radical (unpaired) electrons. The number of thioether (sulfide) groups is 1. The number of ether oxygens (including phenoxy) is 2. The number of hydrogen-bond acceptors (Lipinski definition) is 5. The molecule has 0 saturated heterocycles. The Morgan fingerprint density at radius 1 is 1.32 bits per heavy atom. The van der Waals surface area contributed by atoms with Crippen LogP contribution in [0, 0.1) is 6.92 Å². The topological polar surface area (TPSA) is 76.2 Å². The highest BCUT2D eigenvalue weighted by Crippen LogP contribution is 2.46. The van der Waals surface area contributed by atoms with Crippen LogP contribution in [-0.4, -0.2) is 35.1 Å². The zero-order chi connectivity index (χ0) is 18.0. The fourth-order valence-electron chi connectivity index (χ4n) is 2.83. The van der Waals surface area contributed by atoms with Crippen molar-refractivity contribution in [2.45, 2.75) is 37.7 Å². The summed E-state index contributed by atoms with van der Waals surface area (Å²) in [7, 11) is 1.64. The Morgan fingerprint density at radius 2 is 2.12 bits per heavy atom. The van der Waals surface area contributed by atoms with Crippen LogP contribution in [0.25, 0.3) is 0 Å². The molecule has 6 nitrogen and oxygen atoms in total. The van der Waals surface area contributed by atoms with Gasteiger partial charge in [-0.15, -0.1) is 11.8 Å². The predicted molar refractivity (Wildman–Crippen MR) is 99.6 cm³/mol. The summed E-state index contributed by atoms with van der Waals surface area (Å²) >= 11 is 1.60. The number of hydrogen-bond donors (Lipinski definition) is 2. The number of nitrogens with zero attached hydrogens (tertiary/aromatic N) is 1. The van der Waals surface area contributed by atoms with Crippen molar-refractivity contribution in [1.82, 2.24) is 10.2 Å². The zero-order valence-electron chi connectivity index (χ0n) is 14.9. The lowest BCUT2D eigenvalue weighted by molar-refractivity contribution is -0.115. The Kier molecular flexibility index (Phi) is 5.22. The van der Waals surface area contributed by atoms with Crippen LogP contribution in [0.4, 0.5) is 5.82 Å². The number of methoxy groups -OCH3 is 1. The van der Waals surface area contributed by atoms with Crippen molar-refractivity contribution in [3.63, 3.8) is 0 Å². The monoisotopic (exact) mass is 361 g/mol. The highest BCUT2D eigenvalue weighted by Gasteiger charge is 2.32. The molecule has 2 atom stereocenters. The molecular formula is C18H23N3O3S. The molecule has 1 amide bonds. The summed E-state index contributed by atoms with van der Waals surface area (Å²) in [5, 5.41) is 9.93. The second-order valence-electron chi connectivity index (χ2n) is 6.02. The van der Waals surface area contributed by atoms with E-state index in [1.807, 2.05) is 32.0 Å². The van der Waals surface area contributed by atoms with E-state index >= 15 is 0 Å². The maximum absolute atomic E-state index is 12.2. The van der Waals surface area contributed by atoms with Gasteiger partial charge in [0.1, 0.15) is 0 Å². The van der Waals surface area contributed by atoms with Crippen molar-refractivity contribution < 1.29 is 14.3 Å². The maximum Gasteiger partial charge on any atom is 0.238 e. The molecule has 1 aliphatic heterocycles. The van der Waals surface area contributed by atoms with Gasteiger partial charge >= 0.3 is 0 Å². The van der Waals surface area contributed by atoms with Gasteiger partial charge < -0.3 is 14.8 Å².